The highest BCUT2D eigenvalue weighted by Crippen LogP contribution is 2.24. The van der Waals surface area contributed by atoms with E-state index in [4.69, 9.17) is 11.6 Å². The van der Waals surface area contributed by atoms with E-state index in [-0.39, 0.29) is 10.9 Å². The lowest BCUT2D eigenvalue weighted by atomic mass is 10.1. The van der Waals surface area contributed by atoms with Gasteiger partial charge in [0.2, 0.25) is 0 Å². The van der Waals surface area contributed by atoms with Gasteiger partial charge in [0.15, 0.2) is 0 Å². The lowest BCUT2D eigenvalue weighted by molar-refractivity contribution is 0.0746. The summed E-state index contributed by atoms with van der Waals surface area (Å²) < 4.78 is 15.5. The van der Waals surface area contributed by atoms with Gasteiger partial charge in [0, 0.05) is 45.8 Å². The van der Waals surface area contributed by atoms with Crippen LogP contribution in [0.15, 0.2) is 59.5 Å². The highest BCUT2D eigenvalue weighted by Gasteiger charge is 2.25. The number of hydrogen-bond donors (Lipinski definition) is 0. The maximum absolute atomic E-state index is 14.3. The molecular formula is C23H23ClFN5O2. The van der Waals surface area contributed by atoms with Gasteiger partial charge in [-0.15, -0.1) is 0 Å². The van der Waals surface area contributed by atoms with Gasteiger partial charge in [0.1, 0.15) is 10.8 Å². The largest absolute Gasteiger partial charge is 0.375 e. The van der Waals surface area contributed by atoms with E-state index in [1.54, 1.807) is 54.4 Å². The van der Waals surface area contributed by atoms with Crippen LogP contribution in [-0.4, -0.2) is 60.9 Å². The SMILES string of the molecule is CN(C)c1ccc(C(=O)N2CCN(c3cnn(-c4ccccc4)c(=O)c3Cl)CC2)cc1F. The van der Waals surface area contributed by atoms with Gasteiger partial charge in [-0.05, 0) is 30.3 Å². The van der Waals surface area contributed by atoms with Crippen molar-refractivity contribution in [2.75, 3.05) is 50.1 Å². The molecule has 1 saturated heterocycles. The van der Waals surface area contributed by atoms with E-state index < -0.39 is 11.4 Å². The molecule has 0 atom stereocenters. The number of piperazine rings is 1. The average molecular weight is 456 g/mol. The van der Waals surface area contributed by atoms with Crippen molar-refractivity contribution in [1.29, 1.82) is 0 Å². The van der Waals surface area contributed by atoms with Gasteiger partial charge in [0.05, 0.1) is 23.3 Å². The Labute approximate surface area is 190 Å². The smallest absolute Gasteiger partial charge is 0.292 e. The highest BCUT2D eigenvalue weighted by molar-refractivity contribution is 6.33. The molecule has 1 aromatic heterocycles. The maximum Gasteiger partial charge on any atom is 0.292 e. The number of para-hydroxylation sites is 1. The highest BCUT2D eigenvalue weighted by atomic mass is 35.5. The number of anilines is 2. The fourth-order valence-electron chi connectivity index (χ4n) is 3.73. The molecule has 7 nitrogen and oxygen atoms in total. The Morgan fingerprint density at radius 2 is 1.75 bits per heavy atom. The van der Waals surface area contributed by atoms with E-state index in [2.05, 4.69) is 5.10 Å². The summed E-state index contributed by atoms with van der Waals surface area (Å²) in [5.74, 6) is -0.658. The van der Waals surface area contributed by atoms with Gasteiger partial charge in [-0.1, -0.05) is 29.8 Å². The first-order chi connectivity index (χ1) is 15.4. The molecule has 2 aromatic carbocycles. The van der Waals surface area contributed by atoms with Crippen LogP contribution in [0.5, 0.6) is 0 Å². The Hall–Kier alpha value is -3.39. The number of carbonyl (C=O) groups excluding carboxylic acids is 1. The number of rotatable bonds is 4. The van der Waals surface area contributed by atoms with Crippen molar-refractivity contribution in [3.05, 3.63) is 81.5 Å². The van der Waals surface area contributed by atoms with Crippen molar-refractivity contribution in [3.8, 4) is 5.69 Å². The predicted molar refractivity (Wildman–Crippen MR) is 124 cm³/mol. The fraction of sp³-hybridized carbons (Fsp3) is 0.261. The van der Waals surface area contributed by atoms with Crippen molar-refractivity contribution in [2.24, 2.45) is 0 Å². The first-order valence-electron chi connectivity index (χ1n) is 10.2. The quantitative estimate of drug-likeness (QED) is 0.605. The van der Waals surface area contributed by atoms with Crippen LogP contribution in [-0.2, 0) is 0 Å². The van der Waals surface area contributed by atoms with Crippen LogP contribution in [0.3, 0.4) is 0 Å². The number of hydrogen-bond acceptors (Lipinski definition) is 5. The molecule has 0 unspecified atom stereocenters. The fourth-order valence-corrected chi connectivity index (χ4v) is 3.98. The minimum Gasteiger partial charge on any atom is -0.375 e. The Morgan fingerprint density at radius 1 is 1.06 bits per heavy atom. The number of benzene rings is 2. The van der Waals surface area contributed by atoms with Gasteiger partial charge < -0.3 is 14.7 Å². The minimum atomic E-state index is -0.434. The number of carbonyl (C=O) groups is 1. The van der Waals surface area contributed by atoms with Crippen molar-refractivity contribution < 1.29 is 9.18 Å². The standard InChI is InChI=1S/C23H23ClFN5O2/c1-27(2)19-9-8-16(14-18(19)25)22(31)29-12-10-28(11-13-29)20-15-26-30(23(32)21(20)24)17-6-4-3-5-7-17/h3-9,14-15H,10-13H2,1-2H3. The van der Waals surface area contributed by atoms with Gasteiger partial charge in [0.25, 0.3) is 11.5 Å². The number of halogens is 2. The summed E-state index contributed by atoms with van der Waals surface area (Å²) in [6, 6.07) is 13.6. The summed E-state index contributed by atoms with van der Waals surface area (Å²) in [4.78, 5) is 30.8. The van der Waals surface area contributed by atoms with Crippen LogP contribution in [0, 0.1) is 5.82 Å². The molecule has 1 amide bonds. The summed E-state index contributed by atoms with van der Waals surface area (Å²) in [5, 5.41) is 4.36. The van der Waals surface area contributed by atoms with E-state index in [9.17, 15) is 14.0 Å². The third-order valence-corrected chi connectivity index (χ3v) is 5.84. The first-order valence-corrected chi connectivity index (χ1v) is 10.6. The van der Waals surface area contributed by atoms with Gasteiger partial charge in [-0.3, -0.25) is 9.59 Å². The normalized spacial score (nSPS) is 13.9. The van der Waals surface area contributed by atoms with E-state index in [0.29, 0.717) is 48.8 Å². The van der Waals surface area contributed by atoms with Crippen LogP contribution >= 0.6 is 11.6 Å². The zero-order valence-electron chi connectivity index (χ0n) is 17.8. The third-order valence-electron chi connectivity index (χ3n) is 5.49. The van der Waals surface area contributed by atoms with Crippen molar-refractivity contribution >= 4 is 28.9 Å². The summed E-state index contributed by atoms with van der Waals surface area (Å²) in [7, 11) is 3.49. The Morgan fingerprint density at radius 3 is 2.38 bits per heavy atom. The van der Waals surface area contributed by atoms with Crippen LogP contribution < -0.4 is 15.4 Å². The van der Waals surface area contributed by atoms with Crippen molar-refractivity contribution in [1.82, 2.24) is 14.7 Å². The second kappa shape index (κ2) is 9.00. The van der Waals surface area contributed by atoms with Crippen molar-refractivity contribution in [3.63, 3.8) is 0 Å². The molecular weight excluding hydrogens is 433 g/mol. The van der Waals surface area contributed by atoms with Crippen LogP contribution in [0.1, 0.15) is 10.4 Å². The maximum atomic E-state index is 14.3. The van der Waals surface area contributed by atoms with Gasteiger partial charge in [-0.25, -0.2) is 4.39 Å². The van der Waals surface area contributed by atoms with E-state index >= 15 is 0 Å². The van der Waals surface area contributed by atoms with E-state index in [0.717, 1.165) is 0 Å². The molecule has 0 bridgehead atoms. The molecule has 0 saturated carbocycles. The molecule has 1 aliphatic rings. The molecule has 0 aliphatic carbocycles. The van der Waals surface area contributed by atoms with Crippen molar-refractivity contribution in [2.45, 2.75) is 0 Å². The Bertz CT molecular complexity index is 1190. The van der Waals surface area contributed by atoms with Crippen LogP contribution in [0.4, 0.5) is 15.8 Å². The minimum absolute atomic E-state index is 0.0879. The average Bonchev–Trinajstić information content (AvgIpc) is 2.81. The molecule has 166 valence electrons. The van der Waals surface area contributed by atoms with Crippen LogP contribution in [0.25, 0.3) is 5.69 Å². The molecule has 32 heavy (non-hydrogen) atoms. The van der Waals surface area contributed by atoms with Gasteiger partial charge in [-0.2, -0.15) is 9.78 Å². The topological polar surface area (TPSA) is 61.7 Å². The third kappa shape index (κ3) is 4.18. The summed E-state index contributed by atoms with van der Waals surface area (Å²) >= 11 is 6.39. The molecule has 1 fully saturated rings. The summed E-state index contributed by atoms with van der Waals surface area (Å²) in [6.07, 6.45) is 1.57. The zero-order valence-corrected chi connectivity index (χ0v) is 18.6. The lowest BCUT2D eigenvalue weighted by Crippen LogP contribution is -2.49. The molecule has 0 radical (unpaired) electrons. The molecule has 1 aliphatic heterocycles. The number of nitrogens with zero attached hydrogens (tertiary/aromatic N) is 5. The first kappa shape index (κ1) is 21.8. The monoisotopic (exact) mass is 455 g/mol. The molecule has 3 aromatic rings. The van der Waals surface area contributed by atoms with Crippen LogP contribution in [0.2, 0.25) is 5.02 Å². The molecule has 0 spiro atoms. The molecule has 2 heterocycles. The molecule has 4 rings (SSSR count). The van der Waals surface area contributed by atoms with E-state index in [1.807, 2.05) is 23.1 Å². The lowest BCUT2D eigenvalue weighted by Gasteiger charge is -2.36. The number of aromatic nitrogens is 2. The second-order valence-electron chi connectivity index (χ2n) is 7.74. The molecule has 0 N–H and O–H groups in total. The van der Waals surface area contributed by atoms with E-state index in [1.165, 1.54) is 10.7 Å². The Kier molecular flexibility index (Phi) is 6.14. The zero-order chi connectivity index (χ0) is 22.8. The summed E-state index contributed by atoms with van der Waals surface area (Å²) in [6.45, 7) is 1.82. The number of amides is 1. The predicted octanol–water partition coefficient (Wildman–Crippen LogP) is 3.05. The molecule has 9 heteroatoms. The summed E-state index contributed by atoms with van der Waals surface area (Å²) in [5.41, 5.74) is 1.52. The second-order valence-corrected chi connectivity index (χ2v) is 8.11. The van der Waals surface area contributed by atoms with Gasteiger partial charge >= 0.3 is 0 Å². The Balaban J connectivity index is 1.47.